The fraction of sp³-hybridized carbons (Fsp3) is 0. The molecule has 2 aromatic carbocycles. The maximum Gasteiger partial charge on any atom is 0.138 e. The molecule has 0 radical (unpaired) electrons. The number of rotatable bonds is 0. The topological polar surface area (TPSA) is 26.0 Å². The first kappa shape index (κ1) is 8.51. The largest absolute Gasteiger partial charge is 0.398 e. The molecule has 1 nitrogen and oxygen atoms in total. The Hall–Kier alpha value is -1.09. The normalized spacial score (nSPS) is 10.6. The number of fused-ring (bicyclic) bond motifs is 1. The molecular weight excluding hydrogens is 233 g/mol. The number of nitrogens with two attached hydrogens (primary N) is 1. The van der Waals surface area contributed by atoms with Crippen molar-refractivity contribution < 1.29 is 4.39 Å². The van der Waals surface area contributed by atoms with Gasteiger partial charge in [-0.2, -0.15) is 0 Å². The molecule has 0 saturated heterocycles. The summed E-state index contributed by atoms with van der Waals surface area (Å²) >= 11 is 3.18. The third kappa shape index (κ3) is 1.29. The van der Waals surface area contributed by atoms with E-state index in [0.717, 1.165) is 10.8 Å². The molecule has 0 unspecified atom stereocenters. The van der Waals surface area contributed by atoms with Gasteiger partial charge in [0, 0.05) is 16.5 Å². The Morgan fingerprint density at radius 1 is 1.08 bits per heavy atom. The Morgan fingerprint density at radius 2 is 1.85 bits per heavy atom. The zero-order valence-corrected chi connectivity index (χ0v) is 8.31. The van der Waals surface area contributed by atoms with Crippen LogP contribution in [0.4, 0.5) is 10.1 Å². The molecule has 0 saturated carbocycles. The monoisotopic (exact) mass is 239 g/mol. The lowest BCUT2D eigenvalue weighted by atomic mass is 10.1. The minimum Gasteiger partial charge on any atom is -0.398 e. The van der Waals surface area contributed by atoms with Crippen molar-refractivity contribution in [2.24, 2.45) is 0 Å². The van der Waals surface area contributed by atoms with Gasteiger partial charge in [0.15, 0.2) is 0 Å². The third-order valence-corrected chi connectivity index (χ3v) is 2.79. The summed E-state index contributed by atoms with van der Waals surface area (Å²) in [5, 5.41) is 1.68. The lowest BCUT2D eigenvalue weighted by Gasteiger charge is -2.03. The molecule has 0 aromatic heterocycles. The number of anilines is 1. The van der Waals surface area contributed by atoms with Gasteiger partial charge in [0.25, 0.3) is 0 Å². The van der Waals surface area contributed by atoms with E-state index in [2.05, 4.69) is 15.9 Å². The van der Waals surface area contributed by atoms with Gasteiger partial charge >= 0.3 is 0 Å². The fourth-order valence-electron chi connectivity index (χ4n) is 1.32. The highest BCUT2D eigenvalue weighted by Crippen LogP contribution is 2.29. The van der Waals surface area contributed by atoms with Crippen LogP contribution in [0.1, 0.15) is 0 Å². The van der Waals surface area contributed by atoms with Crippen molar-refractivity contribution in [2.45, 2.75) is 0 Å². The predicted octanol–water partition coefficient (Wildman–Crippen LogP) is 3.32. The van der Waals surface area contributed by atoms with Gasteiger partial charge in [-0.15, -0.1) is 0 Å². The van der Waals surface area contributed by atoms with Crippen molar-refractivity contribution in [1.29, 1.82) is 0 Å². The van der Waals surface area contributed by atoms with Crippen molar-refractivity contribution in [3.63, 3.8) is 0 Å². The van der Waals surface area contributed by atoms with Crippen LogP contribution in [0.25, 0.3) is 10.8 Å². The molecule has 66 valence electrons. The van der Waals surface area contributed by atoms with Gasteiger partial charge in [-0.3, -0.25) is 0 Å². The summed E-state index contributed by atoms with van der Waals surface area (Å²) in [6, 6.07) is 8.53. The summed E-state index contributed by atoms with van der Waals surface area (Å²) in [6.45, 7) is 0. The molecule has 0 heterocycles. The first-order valence-electron chi connectivity index (χ1n) is 3.82. The Kier molecular flexibility index (Phi) is 1.96. The Bertz CT molecular complexity index is 468. The molecule has 0 bridgehead atoms. The number of benzene rings is 2. The summed E-state index contributed by atoms with van der Waals surface area (Å²) in [5.74, 6) is -0.266. The van der Waals surface area contributed by atoms with Gasteiger partial charge in [-0.1, -0.05) is 12.1 Å². The van der Waals surface area contributed by atoms with Gasteiger partial charge < -0.3 is 5.73 Å². The molecule has 0 aliphatic heterocycles. The molecule has 0 atom stereocenters. The summed E-state index contributed by atoms with van der Waals surface area (Å²) < 4.78 is 13.6. The first-order valence-corrected chi connectivity index (χ1v) is 4.61. The van der Waals surface area contributed by atoms with Crippen molar-refractivity contribution >= 4 is 32.4 Å². The highest BCUT2D eigenvalue weighted by molar-refractivity contribution is 9.10. The van der Waals surface area contributed by atoms with E-state index in [1.54, 1.807) is 12.1 Å². The number of halogens is 2. The van der Waals surface area contributed by atoms with E-state index in [4.69, 9.17) is 5.73 Å². The van der Waals surface area contributed by atoms with Crippen molar-refractivity contribution in [1.82, 2.24) is 0 Å². The van der Waals surface area contributed by atoms with Crippen LogP contribution in [0.3, 0.4) is 0 Å². The molecule has 0 amide bonds. The van der Waals surface area contributed by atoms with Crippen LogP contribution in [0.2, 0.25) is 0 Å². The van der Waals surface area contributed by atoms with Gasteiger partial charge in [-0.25, -0.2) is 4.39 Å². The Balaban J connectivity index is 2.94. The van der Waals surface area contributed by atoms with E-state index in [1.807, 2.05) is 12.1 Å². The maximum atomic E-state index is 13.1. The van der Waals surface area contributed by atoms with Crippen LogP contribution >= 0.6 is 15.9 Å². The van der Waals surface area contributed by atoms with E-state index in [0.29, 0.717) is 10.2 Å². The van der Waals surface area contributed by atoms with Gasteiger partial charge in [-0.05, 0) is 34.1 Å². The molecule has 3 heteroatoms. The molecule has 13 heavy (non-hydrogen) atoms. The number of nitrogen functional groups attached to an aromatic ring is 1. The van der Waals surface area contributed by atoms with E-state index >= 15 is 0 Å². The second-order valence-corrected chi connectivity index (χ2v) is 3.60. The van der Waals surface area contributed by atoms with Crippen molar-refractivity contribution in [2.75, 3.05) is 5.73 Å². The van der Waals surface area contributed by atoms with Crippen LogP contribution in [0.5, 0.6) is 0 Å². The molecule has 2 aromatic rings. The number of hydrogen-bond acceptors (Lipinski definition) is 1. The highest BCUT2D eigenvalue weighted by atomic mass is 79.9. The predicted molar refractivity (Wildman–Crippen MR) is 56.0 cm³/mol. The Labute approximate surface area is 83.5 Å². The fourth-order valence-corrected chi connectivity index (χ4v) is 1.80. The highest BCUT2D eigenvalue weighted by Gasteiger charge is 2.05. The van der Waals surface area contributed by atoms with E-state index < -0.39 is 0 Å². The van der Waals surface area contributed by atoms with E-state index in [9.17, 15) is 4.39 Å². The zero-order valence-electron chi connectivity index (χ0n) is 6.72. The van der Waals surface area contributed by atoms with E-state index in [-0.39, 0.29) is 5.82 Å². The van der Waals surface area contributed by atoms with Crippen LogP contribution in [-0.2, 0) is 0 Å². The molecule has 0 aliphatic rings. The second kappa shape index (κ2) is 3.00. The van der Waals surface area contributed by atoms with Crippen molar-refractivity contribution in [3.05, 3.63) is 40.6 Å². The van der Waals surface area contributed by atoms with Crippen LogP contribution in [-0.4, -0.2) is 0 Å². The van der Waals surface area contributed by atoms with E-state index in [1.165, 1.54) is 6.07 Å². The molecule has 0 aliphatic carbocycles. The lowest BCUT2D eigenvalue weighted by Crippen LogP contribution is -1.88. The quantitative estimate of drug-likeness (QED) is 0.702. The van der Waals surface area contributed by atoms with Gasteiger partial charge in [0.1, 0.15) is 5.82 Å². The maximum absolute atomic E-state index is 13.1. The Morgan fingerprint density at radius 3 is 2.62 bits per heavy atom. The SMILES string of the molecule is Nc1cccc2c(Br)c(F)ccc12. The van der Waals surface area contributed by atoms with Crippen LogP contribution in [0.15, 0.2) is 34.8 Å². The summed E-state index contributed by atoms with van der Waals surface area (Å²) in [7, 11) is 0. The smallest absolute Gasteiger partial charge is 0.138 e. The minimum absolute atomic E-state index is 0.266. The molecule has 0 fully saturated rings. The average molecular weight is 240 g/mol. The van der Waals surface area contributed by atoms with Crippen LogP contribution < -0.4 is 5.73 Å². The average Bonchev–Trinajstić information content (AvgIpc) is 2.12. The molecular formula is C10H7BrFN. The molecule has 0 spiro atoms. The first-order chi connectivity index (χ1) is 6.20. The van der Waals surface area contributed by atoms with Crippen molar-refractivity contribution in [3.8, 4) is 0 Å². The lowest BCUT2D eigenvalue weighted by molar-refractivity contribution is 0.623. The third-order valence-electron chi connectivity index (χ3n) is 1.98. The molecule has 2 N–H and O–H groups in total. The standard InChI is InChI=1S/C10H7BrFN/c11-10-7-2-1-3-9(13)6(7)4-5-8(10)12/h1-5H,13H2. The zero-order chi connectivity index (χ0) is 9.42. The van der Waals surface area contributed by atoms with Gasteiger partial charge in [0.05, 0.1) is 4.47 Å². The second-order valence-electron chi connectivity index (χ2n) is 2.80. The molecule has 2 rings (SSSR count). The van der Waals surface area contributed by atoms with Gasteiger partial charge in [0.2, 0.25) is 0 Å². The van der Waals surface area contributed by atoms with Crippen LogP contribution in [0, 0.1) is 5.82 Å². The summed E-state index contributed by atoms with van der Waals surface area (Å²) in [5.41, 5.74) is 6.40. The summed E-state index contributed by atoms with van der Waals surface area (Å²) in [4.78, 5) is 0. The number of hydrogen-bond donors (Lipinski definition) is 1. The minimum atomic E-state index is -0.266. The summed E-state index contributed by atoms with van der Waals surface area (Å²) in [6.07, 6.45) is 0.